The van der Waals surface area contributed by atoms with Crippen LogP contribution in [0.1, 0.15) is 33.6 Å². The Bertz CT molecular complexity index is 2420. The molecule has 10 nitrogen and oxygen atoms in total. The Morgan fingerprint density at radius 2 is 1.36 bits per heavy atom. The molecule has 0 saturated carbocycles. The molecule has 55 heavy (non-hydrogen) atoms. The number of fused-ring (bicyclic) bond motifs is 5. The summed E-state index contributed by atoms with van der Waals surface area (Å²) in [5, 5.41) is 4.09. The van der Waals surface area contributed by atoms with Crippen LogP contribution in [0.15, 0.2) is 78.9 Å². The van der Waals surface area contributed by atoms with Crippen molar-refractivity contribution in [2.75, 3.05) is 45.8 Å². The van der Waals surface area contributed by atoms with E-state index in [0.29, 0.717) is 52.7 Å². The monoisotopic (exact) mass is 764 g/mol. The highest BCUT2D eigenvalue weighted by molar-refractivity contribution is 6.35. The first-order valence-electron chi connectivity index (χ1n) is 18.3. The van der Waals surface area contributed by atoms with Crippen LogP contribution in [-0.2, 0) is 14.2 Å². The van der Waals surface area contributed by atoms with Gasteiger partial charge in [0.25, 0.3) is 0 Å². The Balaban J connectivity index is 1.34. The lowest BCUT2D eigenvalue weighted by Gasteiger charge is -2.42. The van der Waals surface area contributed by atoms with Crippen LogP contribution < -0.4 is 14.4 Å². The highest BCUT2D eigenvalue weighted by atomic mass is 35.5. The van der Waals surface area contributed by atoms with Gasteiger partial charge in [-0.25, -0.2) is 19.2 Å². The second-order valence-corrected chi connectivity index (χ2v) is 15.4. The Kier molecular flexibility index (Phi) is 9.87. The number of piperazine rings is 1. The van der Waals surface area contributed by atoms with Gasteiger partial charge in [0.05, 0.1) is 17.1 Å². The average Bonchev–Trinajstić information content (AvgIpc) is 3.44. The zero-order valence-corrected chi connectivity index (χ0v) is 32.2. The summed E-state index contributed by atoms with van der Waals surface area (Å²) in [7, 11) is 3.10. The van der Waals surface area contributed by atoms with Gasteiger partial charge < -0.3 is 28.6 Å². The fourth-order valence-electron chi connectivity index (χ4n) is 7.86. The number of carbonyl (C=O) groups excluding carboxylic acids is 1. The lowest BCUT2D eigenvalue weighted by atomic mass is 9.96. The Labute approximate surface area is 323 Å². The van der Waals surface area contributed by atoms with Crippen LogP contribution in [0.2, 0.25) is 5.02 Å². The molecular weight excluding hydrogens is 723 g/mol. The van der Waals surface area contributed by atoms with E-state index in [1.165, 1.54) is 0 Å². The predicted molar refractivity (Wildman–Crippen MR) is 212 cm³/mol. The van der Waals surface area contributed by atoms with Crippen LogP contribution in [0, 0.1) is 5.82 Å². The summed E-state index contributed by atoms with van der Waals surface area (Å²) in [5.74, 6) is 1.32. The zero-order chi connectivity index (χ0) is 38.4. The highest BCUT2D eigenvalue weighted by Gasteiger charge is 2.45. The second kappa shape index (κ2) is 14.8. The fraction of sp³-hybridized carbons (Fsp3) is 0.326. The first-order valence-corrected chi connectivity index (χ1v) is 18.7. The summed E-state index contributed by atoms with van der Waals surface area (Å²) < 4.78 is 45.6. The minimum absolute atomic E-state index is 0.0238. The molecule has 0 N–H and O–H groups in total. The van der Waals surface area contributed by atoms with Crippen molar-refractivity contribution in [2.24, 2.45) is 0 Å². The Hall–Kier alpha value is -5.23. The van der Waals surface area contributed by atoms with Gasteiger partial charge in [0.2, 0.25) is 0 Å². The number of amides is 1. The largest absolute Gasteiger partial charge is 0.468 e. The third kappa shape index (κ3) is 7.08. The molecular formula is C43H42ClFN4O6. The number of hydrogen-bond acceptors (Lipinski definition) is 9. The maximum atomic E-state index is 17.7. The Morgan fingerprint density at radius 3 is 1.95 bits per heavy atom. The molecule has 5 aromatic carbocycles. The number of ether oxygens (including phenoxy) is 5. The summed E-state index contributed by atoms with van der Waals surface area (Å²) in [6.07, 6.45) is 1.30. The lowest BCUT2D eigenvalue weighted by molar-refractivity contribution is 0.0123. The van der Waals surface area contributed by atoms with Crippen LogP contribution in [0.5, 0.6) is 11.5 Å². The van der Waals surface area contributed by atoms with Crippen LogP contribution in [0.4, 0.5) is 15.0 Å². The van der Waals surface area contributed by atoms with E-state index in [1.54, 1.807) is 26.4 Å². The van der Waals surface area contributed by atoms with Crippen molar-refractivity contribution in [3.63, 3.8) is 0 Å². The number of aromatic nitrogens is 2. The molecule has 2 atom stereocenters. The molecule has 0 aliphatic carbocycles. The van der Waals surface area contributed by atoms with E-state index in [9.17, 15) is 4.79 Å². The molecule has 0 unspecified atom stereocenters. The van der Waals surface area contributed by atoms with Crippen molar-refractivity contribution < 1.29 is 32.9 Å². The van der Waals surface area contributed by atoms with E-state index in [0.717, 1.165) is 34.4 Å². The Morgan fingerprint density at radius 1 is 0.800 bits per heavy atom. The molecule has 0 spiro atoms. The molecule has 2 aliphatic rings. The minimum atomic E-state index is -0.623. The van der Waals surface area contributed by atoms with E-state index < -0.39 is 11.4 Å². The van der Waals surface area contributed by atoms with Crippen LogP contribution >= 0.6 is 11.6 Å². The van der Waals surface area contributed by atoms with Crippen molar-refractivity contribution in [3.8, 4) is 34.0 Å². The molecule has 8 rings (SSSR count). The lowest BCUT2D eigenvalue weighted by Crippen LogP contribution is -2.57. The smallest absolute Gasteiger partial charge is 0.410 e. The van der Waals surface area contributed by atoms with Crippen molar-refractivity contribution in [2.45, 2.75) is 51.3 Å². The topological polar surface area (TPSA) is 95.5 Å². The number of anilines is 1. The zero-order valence-electron chi connectivity index (χ0n) is 31.4. The quantitative estimate of drug-likeness (QED) is 0.133. The van der Waals surface area contributed by atoms with Gasteiger partial charge in [0.15, 0.2) is 25.2 Å². The van der Waals surface area contributed by atoms with Gasteiger partial charge >= 0.3 is 6.09 Å². The van der Waals surface area contributed by atoms with Gasteiger partial charge in [0.1, 0.15) is 28.4 Å². The first kappa shape index (κ1) is 36.7. The van der Waals surface area contributed by atoms with Crippen molar-refractivity contribution >= 4 is 56.0 Å². The van der Waals surface area contributed by atoms with Crippen molar-refractivity contribution in [1.29, 1.82) is 0 Å². The number of nitrogens with zero attached hydrogens (tertiary/aromatic N) is 4. The molecule has 0 radical (unpaired) electrons. The van der Waals surface area contributed by atoms with E-state index in [2.05, 4.69) is 4.90 Å². The number of hydrogen-bond donors (Lipinski definition) is 0. The molecule has 2 fully saturated rings. The summed E-state index contributed by atoms with van der Waals surface area (Å²) in [4.78, 5) is 27.6. The first-order chi connectivity index (χ1) is 26.5. The van der Waals surface area contributed by atoms with E-state index in [1.807, 2.05) is 92.4 Å². The van der Waals surface area contributed by atoms with Gasteiger partial charge in [-0.2, -0.15) is 0 Å². The van der Waals surface area contributed by atoms with Gasteiger partial charge in [-0.3, -0.25) is 4.90 Å². The summed E-state index contributed by atoms with van der Waals surface area (Å²) >= 11 is 7.13. The number of carbonyl (C=O) groups is 1. The second-order valence-electron chi connectivity index (χ2n) is 15.0. The summed E-state index contributed by atoms with van der Waals surface area (Å²) in [5.41, 5.74) is 0.906. The number of benzene rings is 5. The number of rotatable bonds is 9. The molecule has 1 amide bonds. The minimum Gasteiger partial charge on any atom is -0.468 e. The molecule has 1 aromatic heterocycles. The normalized spacial score (nSPS) is 17.0. The maximum absolute atomic E-state index is 17.7. The predicted octanol–water partition coefficient (Wildman–Crippen LogP) is 9.62. The summed E-state index contributed by atoms with van der Waals surface area (Å²) in [6.45, 7) is 6.63. The highest BCUT2D eigenvalue weighted by Crippen LogP contribution is 2.44. The molecule has 12 heteroatoms. The maximum Gasteiger partial charge on any atom is 0.410 e. The van der Waals surface area contributed by atoms with Gasteiger partial charge in [-0.1, -0.05) is 60.1 Å². The fourth-order valence-corrected chi connectivity index (χ4v) is 8.15. The van der Waals surface area contributed by atoms with Crippen LogP contribution in [-0.4, -0.2) is 79.5 Å². The van der Waals surface area contributed by atoms with E-state index >= 15 is 4.39 Å². The molecule has 2 saturated heterocycles. The van der Waals surface area contributed by atoms with Crippen LogP contribution in [0.25, 0.3) is 55.0 Å². The van der Waals surface area contributed by atoms with Crippen LogP contribution in [0.3, 0.4) is 0 Å². The van der Waals surface area contributed by atoms with E-state index in [-0.39, 0.29) is 47.9 Å². The SMILES string of the molecule is COCOc1cc(-c2nc(N3C[C@H]4CC[C@@H](C3)N4C(=O)OC(C)(C)C)c3cc(Cl)c(-c4cc(OCOC)cc5ccccc45)c(F)c3n2)c2ccccc2c1. The van der Waals surface area contributed by atoms with Gasteiger partial charge in [-0.15, -0.1) is 0 Å². The number of methoxy groups -OCH3 is 2. The van der Waals surface area contributed by atoms with E-state index in [4.69, 9.17) is 45.3 Å². The van der Waals surface area contributed by atoms with Gasteiger partial charge in [0, 0.05) is 43.8 Å². The molecule has 284 valence electrons. The van der Waals surface area contributed by atoms with Crippen molar-refractivity contribution in [3.05, 3.63) is 89.7 Å². The molecule has 6 aromatic rings. The third-order valence-electron chi connectivity index (χ3n) is 10.1. The average molecular weight is 765 g/mol. The third-order valence-corrected chi connectivity index (χ3v) is 10.4. The van der Waals surface area contributed by atoms with Crippen molar-refractivity contribution in [1.82, 2.24) is 14.9 Å². The standard InChI is InChI=1S/C43H42ClFN4O6/c1-43(2,3)55-42(50)49-27-14-15-28(49)22-48(21-27)41-35-20-36(44)37(33-18-29(53-23-51-4)16-25-10-6-8-12-31(25)33)38(45)39(35)46-40(47-41)34-19-30(54-24-52-5)17-26-11-7-9-13-32(26)34/h6-13,16-20,27-28H,14-15,21-24H2,1-5H3/t27-,28+. The molecule has 3 heterocycles. The molecule has 2 aliphatic heterocycles. The van der Waals surface area contributed by atoms with Gasteiger partial charge in [-0.05, 0) is 91.1 Å². The molecule has 2 bridgehead atoms. The summed E-state index contributed by atoms with van der Waals surface area (Å²) in [6, 6.07) is 24.5. The number of halogens is 2.